The van der Waals surface area contributed by atoms with Crippen molar-refractivity contribution in [2.24, 2.45) is 0 Å². The van der Waals surface area contributed by atoms with Gasteiger partial charge >= 0.3 is 0 Å². The predicted molar refractivity (Wildman–Crippen MR) is 135 cm³/mol. The Balaban J connectivity index is 1.31. The molecule has 35 heavy (non-hydrogen) atoms. The number of benzene rings is 3. The van der Waals surface area contributed by atoms with Crippen molar-refractivity contribution in [2.75, 3.05) is 20.8 Å². The standard InChI is InChI=1S/C29H30N2O4/c1-33-21-9-7-19(8-10-21)17-35-29-13-20-11-12-30-16-27-24(14-26(30)23(20)15-28(29)34-2)22-5-3-4-6-25(22)31(27)18-32/h3-10,13,15,26,32H,11-12,14,16-18H2,1-2H3. The Kier molecular flexibility index (Phi) is 5.63. The zero-order valence-corrected chi connectivity index (χ0v) is 20.2. The maximum absolute atomic E-state index is 10.1. The van der Waals surface area contributed by atoms with E-state index >= 15 is 0 Å². The van der Waals surface area contributed by atoms with Gasteiger partial charge in [-0.05, 0) is 65.4 Å². The zero-order valence-electron chi connectivity index (χ0n) is 20.2. The monoisotopic (exact) mass is 470 g/mol. The second kappa shape index (κ2) is 8.95. The van der Waals surface area contributed by atoms with Crippen LogP contribution in [0, 0.1) is 0 Å². The summed E-state index contributed by atoms with van der Waals surface area (Å²) in [5, 5.41) is 11.3. The van der Waals surface area contributed by atoms with Crippen LogP contribution in [0.2, 0.25) is 0 Å². The Bertz CT molecular complexity index is 1380. The average Bonchev–Trinajstić information content (AvgIpc) is 3.22. The molecule has 1 N–H and O–H groups in total. The van der Waals surface area contributed by atoms with Crippen LogP contribution in [0.25, 0.3) is 10.9 Å². The Morgan fingerprint density at radius 1 is 0.971 bits per heavy atom. The van der Waals surface area contributed by atoms with E-state index in [1.165, 1.54) is 27.8 Å². The number of fused-ring (bicyclic) bond motifs is 6. The third-order valence-corrected chi connectivity index (χ3v) is 7.53. The molecular formula is C29H30N2O4. The van der Waals surface area contributed by atoms with E-state index in [0.717, 1.165) is 54.3 Å². The predicted octanol–water partition coefficient (Wildman–Crippen LogP) is 4.84. The van der Waals surface area contributed by atoms with Gasteiger partial charge in [0.25, 0.3) is 0 Å². The lowest BCUT2D eigenvalue weighted by molar-refractivity contribution is 0.145. The molecule has 1 unspecified atom stereocenters. The van der Waals surface area contributed by atoms with Crippen molar-refractivity contribution < 1.29 is 19.3 Å². The number of ether oxygens (including phenoxy) is 3. The lowest BCUT2D eigenvalue weighted by Crippen LogP contribution is -2.39. The number of rotatable bonds is 6. The molecule has 0 radical (unpaired) electrons. The highest BCUT2D eigenvalue weighted by molar-refractivity contribution is 5.86. The molecule has 0 saturated carbocycles. The zero-order chi connectivity index (χ0) is 23.9. The maximum atomic E-state index is 10.1. The molecule has 0 spiro atoms. The SMILES string of the molecule is COc1ccc(COc2cc3c(cc2OC)C2Cc4c(n(CO)c5ccccc45)CN2CC3)cc1. The summed E-state index contributed by atoms with van der Waals surface area (Å²) in [6, 6.07) is 21.0. The normalized spacial score (nSPS) is 16.9. The van der Waals surface area contributed by atoms with Gasteiger partial charge in [-0.25, -0.2) is 0 Å². The molecule has 6 rings (SSSR count). The smallest absolute Gasteiger partial charge is 0.161 e. The van der Waals surface area contributed by atoms with E-state index in [-0.39, 0.29) is 12.8 Å². The molecule has 4 aromatic rings. The molecular weight excluding hydrogens is 440 g/mol. The summed E-state index contributed by atoms with van der Waals surface area (Å²) in [7, 11) is 3.37. The second-order valence-corrected chi connectivity index (χ2v) is 9.29. The van der Waals surface area contributed by atoms with Crippen molar-refractivity contribution in [2.45, 2.75) is 38.8 Å². The van der Waals surface area contributed by atoms with Crippen LogP contribution < -0.4 is 14.2 Å². The van der Waals surface area contributed by atoms with Gasteiger partial charge in [0.05, 0.1) is 19.7 Å². The molecule has 1 atom stereocenters. The van der Waals surface area contributed by atoms with Crippen LogP contribution in [-0.2, 0) is 32.7 Å². The molecule has 0 aliphatic carbocycles. The van der Waals surface area contributed by atoms with E-state index in [2.05, 4.69) is 39.8 Å². The second-order valence-electron chi connectivity index (χ2n) is 9.29. The molecule has 0 fully saturated rings. The van der Waals surface area contributed by atoms with Crippen molar-refractivity contribution in [1.29, 1.82) is 0 Å². The van der Waals surface area contributed by atoms with Gasteiger partial charge in [0.2, 0.25) is 0 Å². The van der Waals surface area contributed by atoms with Gasteiger partial charge in [0.15, 0.2) is 11.5 Å². The highest BCUT2D eigenvalue weighted by atomic mass is 16.5. The third kappa shape index (κ3) is 3.74. The Morgan fingerprint density at radius 3 is 2.57 bits per heavy atom. The van der Waals surface area contributed by atoms with Gasteiger partial charge in [-0.1, -0.05) is 30.3 Å². The molecule has 6 heteroatoms. The lowest BCUT2D eigenvalue weighted by Gasteiger charge is -2.41. The first-order chi connectivity index (χ1) is 17.2. The van der Waals surface area contributed by atoms with Crippen LogP contribution in [0.1, 0.15) is 34.0 Å². The van der Waals surface area contributed by atoms with Crippen LogP contribution in [0.3, 0.4) is 0 Å². The maximum Gasteiger partial charge on any atom is 0.161 e. The third-order valence-electron chi connectivity index (χ3n) is 7.53. The van der Waals surface area contributed by atoms with Crippen LogP contribution in [0.5, 0.6) is 17.2 Å². The van der Waals surface area contributed by atoms with E-state index in [4.69, 9.17) is 14.2 Å². The lowest BCUT2D eigenvalue weighted by atomic mass is 9.85. The van der Waals surface area contributed by atoms with Crippen molar-refractivity contribution in [1.82, 2.24) is 9.47 Å². The number of aromatic nitrogens is 1. The Hall–Kier alpha value is -3.48. The number of aliphatic hydroxyl groups is 1. The molecule has 2 aliphatic heterocycles. The molecule has 3 heterocycles. The fourth-order valence-electron chi connectivity index (χ4n) is 5.73. The van der Waals surface area contributed by atoms with E-state index in [1.807, 2.05) is 30.3 Å². The molecule has 180 valence electrons. The molecule has 0 saturated heterocycles. The number of nitrogens with zero attached hydrogens (tertiary/aromatic N) is 2. The minimum atomic E-state index is 0.00760. The van der Waals surface area contributed by atoms with Crippen molar-refractivity contribution in [3.8, 4) is 17.2 Å². The van der Waals surface area contributed by atoms with Gasteiger partial charge in [-0.3, -0.25) is 4.90 Å². The fraction of sp³-hybridized carbons (Fsp3) is 0.310. The van der Waals surface area contributed by atoms with Crippen LogP contribution >= 0.6 is 0 Å². The highest BCUT2D eigenvalue weighted by Gasteiger charge is 2.35. The minimum Gasteiger partial charge on any atom is -0.497 e. The number of hydrogen-bond acceptors (Lipinski definition) is 5. The summed E-state index contributed by atoms with van der Waals surface area (Å²) in [5.41, 5.74) is 7.42. The van der Waals surface area contributed by atoms with Gasteiger partial charge in [-0.2, -0.15) is 0 Å². The van der Waals surface area contributed by atoms with E-state index in [1.54, 1.807) is 14.2 Å². The van der Waals surface area contributed by atoms with Gasteiger partial charge in [-0.15, -0.1) is 0 Å². The first-order valence-electron chi connectivity index (χ1n) is 12.1. The largest absolute Gasteiger partial charge is 0.497 e. The van der Waals surface area contributed by atoms with Crippen molar-refractivity contribution in [3.05, 3.63) is 88.6 Å². The molecule has 3 aromatic carbocycles. The van der Waals surface area contributed by atoms with Crippen LogP contribution in [0.4, 0.5) is 0 Å². The Morgan fingerprint density at radius 2 is 1.80 bits per heavy atom. The number of para-hydroxylation sites is 1. The van der Waals surface area contributed by atoms with Gasteiger partial charge in [0, 0.05) is 30.2 Å². The van der Waals surface area contributed by atoms with Gasteiger partial charge < -0.3 is 23.9 Å². The minimum absolute atomic E-state index is 0.00760. The summed E-state index contributed by atoms with van der Waals surface area (Å²) in [6.45, 7) is 2.30. The summed E-state index contributed by atoms with van der Waals surface area (Å²) in [6.07, 6.45) is 1.88. The van der Waals surface area contributed by atoms with Crippen molar-refractivity contribution >= 4 is 10.9 Å². The number of aliphatic hydroxyl groups excluding tert-OH is 1. The van der Waals surface area contributed by atoms with E-state index in [0.29, 0.717) is 6.61 Å². The molecule has 0 amide bonds. The summed E-state index contributed by atoms with van der Waals surface area (Å²) < 4.78 is 19.3. The van der Waals surface area contributed by atoms with Gasteiger partial charge in [0.1, 0.15) is 19.1 Å². The summed E-state index contributed by atoms with van der Waals surface area (Å²) in [5.74, 6) is 2.38. The first kappa shape index (κ1) is 22.0. The topological polar surface area (TPSA) is 56.1 Å². The van der Waals surface area contributed by atoms with Crippen LogP contribution in [-0.4, -0.2) is 35.3 Å². The number of methoxy groups -OCH3 is 2. The molecule has 1 aromatic heterocycles. The van der Waals surface area contributed by atoms with Crippen LogP contribution in [0.15, 0.2) is 60.7 Å². The molecule has 2 aliphatic rings. The molecule has 6 nitrogen and oxygen atoms in total. The quantitative estimate of drug-likeness (QED) is 0.437. The summed E-state index contributed by atoms with van der Waals surface area (Å²) >= 11 is 0. The number of hydrogen-bond donors (Lipinski definition) is 1. The average molecular weight is 471 g/mol. The molecule has 0 bridgehead atoms. The van der Waals surface area contributed by atoms with Crippen molar-refractivity contribution in [3.63, 3.8) is 0 Å². The Labute approximate surface area is 205 Å². The summed E-state index contributed by atoms with van der Waals surface area (Å²) in [4.78, 5) is 2.53. The van der Waals surface area contributed by atoms with E-state index < -0.39 is 0 Å². The van der Waals surface area contributed by atoms with E-state index in [9.17, 15) is 5.11 Å². The first-order valence-corrected chi connectivity index (χ1v) is 12.1. The fourth-order valence-corrected chi connectivity index (χ4v) is 5.73. The highest BCUT2D eigenvalue weighted by Crippen LogP contribution is 2.44.